The monoisotopic (exact) mass is 376 g/mol. The van der Waals surface area contributed by atoms with Crippen LogP contribution in [0.3, 0.4) is 0 Å². The van der Waals surface area contributed by atoms with Crippen LogP contribution >= 0.6 is 11.8 Å². The molecule has 0 amide bonds. The fraction of sp³-hybridized carbons (Fsp3) is 0.294. The minimum Gasteiger partial charge on any atom is -0.485 e. The zero-order chi connectivity index (χ0) is 18.4. The van der Waals surface area contributed by atoms with E-state index in [9.17, 15) is 9.18 Å². The summed E-state index contributed by atoms with van der Waals surface area (Å²) >= 11 is 1.31. The smallest absolute Gasteiger partial charge is 0.251 e. The van der Waals surface area contributed by atoms with Crippen molar-refractivity contribution < 1.29 is 13.7 Å². The molecule has 0 aliphatic heterocycles. The predicted molar refractivity (Wildman–Crippen MR) is 93.4 cm³/mol. The Morgan fingerprint density at radius 1 is 1.27 bits per heavy atom. The molecule has 0 aliphatic rings. The normalized spacial score (nSPS) is 10.8. The fourth-order valence-electron chi connectivity index (χ4n) is 2.15. The molecule has 0 radical (unpaired) electrons. The van der Waals surface area contributed by atoms with Gasteiger partial charge in [-0.25, -0.2) is 9.37 Å². The van der Waals surface area contributed by atoms with Crippen molar-refractivity contribution in [2.24, 2.45) is 0 Å². The summed E-state index contributed by atoms with van der Waals surface area (Å²) in [4.78, 5) is 22.9. The van der Waals surface area contributed by atoms with E-state index >= 15 is 0 Å². The molecule has 136 valence electrons. The number of aromatic amines is 1. The first-order chi connectivity index (χ1) is 12.6. The molecule has 0 atom stereocenters. The summed E-state index contributed by atoms with van der Waals surface area (Å²) in [5, 5.41) is 4.35. The summed E-state index contributed by atoms with van der Waals surface area (Å²) in [6.45, 7) is 2.14. The molecular weight excluding hydrogens is 359 g/mol. The number of ether oxygens (including phenoxy) is 1. The molecular formula is C17H17FN4O3S. The summed E-state index contributed by atoms with van der Waals surface area (Å²) in [6.07, 6.45) is 1.67. The second-order valence-corrected chi connectivity index (χ2v) is 6.39. The zero-order valence-corrected chi connectivity index (χ0v) is 14.9. The lowest BCUT2D eigenvalue weighted by Crippen LogP contribution is -2.10. The van der Waals surface area contributed by atoms with Crippen molar-refractivity contribution in [3.63, 3.8) is 0 Å². The van der Waals surface area contributed by atoms with Gasteiger partial charge in [-0.1, -0.05) is 30.3 Å². The standard InChI is InChI=1S/C17H17FN4O3S/c1-2-3-12-8-15(23)21-17(19-12)26-10-16-20-14(22-25-16)9-24-13-6-4-11(18)5-7-13/h4-8H,2-3,9-10H2,1H3,(H,19,21,23). The van der Waals surface area contributed by atoms with Crippen LogP contribution in [0.2, 0.25) is 0 Å². The van der Waals surface area contributed by atoms with E-state index < -0.39 is 0 Å². The molecule has 0 fully saturated rings. The summed E-state index contributed by atoms with van der Waals surface area (Å²) in [5.41, 5.74) is 0.586. The number of aromatic nitrogens is 4. The van der Waals surface area contributed by atoms with Gasteiger partial charge in [0.25, 0.3) is 5.56 Å². The van der Waals surface area contributed by atoms with E-state index in [2.05, 4.69) is 20.1 Å². The number of nitrogens with zero attached hydrogens (tertiary/aromatic N) is 3. The number of aryl methyl sites for hydroxylation is 1. The van der Waals surface area contributed by atoms with Crippen molar-refractivity contribution in [3.8, 4) is 5.75 Å². The number of benzene rings is 1. The Hall–Kier alpha value is -2.68. The molecule has 9 heteroatoms. The van der Waals surface area contributed by atoms with Gasteiger partial charge < -0.3 is 14.2 Å². The fourth-order valence-corrected chi connectivity index (χ4v) is 2.88. The van der Waals surface area contributed by atoms with Gasteiger partial charge in [0.15, 0.2) is 11.8 Å². The molecule has 0 spiro atoms. The van der Waals surface area contributed by atoms with Crippen LogP contribution in [0.5, 0.6) is 5.75 Å². The quantitative estimate of drug-likeness (QED) is 0.477. The number of hydrogen-bond acceptors (Lipinski definition) is 7. The van der Waals surface area contributed by atoms with Crippen LogP contribution in [-0.4, -0.2) is 20.1 Å². The molecule has 2 heterocycles. The largest absolute Gasteiger partial charge is 0.485 e. The molecule has 0 saturated carbocycles. The van der Waals surface area contributed by atoms with Crippen molar-refractivity contribution in [1.82, 2.24) is 20.1 Å². The van der Waals surface area contributed by atoms with Gasteiger partial charge in [0, 0.05) is 11.8 Å². The van der Waals surface area contributed by atoms with Crippen LogP contribution in [-0.2, 0) is 18.8 Å². The second-order valence-electron chi connectivity index (χ2n) is 5.43. The molecule has 0 unspecified atom stereocenters. The molecule has 0 saturated heterocycles. The van der Waals surface area contributed by atoms with Gasteiger partial charge in [0.05, 0.1) is 5.75 Å². The highest BCUT2D eigenvalue weighted by molar-refractivity contribution is 7.98. The van der Waals surface area contributed by atoms with Crippen LogP contribution in [0, 0.1) is 5.82 Å². The van der Waals surface area contributed by atoms with Gasteiger partial charge in [-0.2, -0.15) is 4.98 Å². The zero-order valence-electron chi connectivity index (χ0n) is 14.1. The molecule has 3 aromatic rings. The lowest BCUT2D eigenvalue weighted by molar-refractivity contribution is 0.285. The Labute approximate surface area is 153 Å². The van der Waals surface area contributed by atoms with Crippen LogP contribution in [0.1, 0.15) is 30.8 Å². The van der Waals surface area contributed by atoms with Gasteiger partial charge in [-0.3, -0.25) is 4.79 Å². The average molecular weight is 376 g/mol. The van der Waals surface area contributed by atoms with E-state index in [1.807, 2.05) is 6.92 Å². The van der Waals surface area contributed by atoms with Crippen molar-refractivity contribution in [3.05, 3.63) is 63.9 Å². The van der Waals surface area contributed by atoms with E-state index in [0.29, 0.717) is 28.4 Å². The Morgan fingerprint density at radius 2 is 2.08 bits per heavy atom. The summed E-state index contributed by atoms with van der Waals surface area (Å²) in [6, 6.07) is 7.18. The van der Waals surface area contributed by atoms with Gasteiger partial charge in [-0.15, -0.1) is 0 Å². The number of rotatable bonds is 8. The lowest BCUT2D eigenvalue weighted by atomic mass is 10.2. The average Bonchev–Trinajstić information content (AvgIpc) is 3.07. The van der Waals surface area contributed by atoms with Gasteiger partial charge in [0.1, 0.15) is 11.6 Å². The number of hydrogen-bond donors (Lipinski definition) is 1. The molecule has 0 bridgehead atoms. The Kier molecular flexibility index (Phi) is 6.00. The molecule has 3 rings (SSSR count). The predicted octanol–water partition coefficient (Wildman–Crippen LogP) is 3.12. The molecule has 2 aromatic heterocycles. The molecule has 1 N–H and O–H groups in total. The van der Waals surface area contributed by atoms with Crippen LogP contribution in [0.4, 0.5) is 4.39 Å². The Bertz CT molecular complexity index is 911. The maximum atomic E-state index is 12.8. The second kappa shape index (κ2) is 8.61. The third kappa shape index (κ3) is 5.16. The maximum Gasteiger partial charge on any atom is 0.251 e. The van der Waals surface area contributed by atoms with E-state index in [0.717, 1.165) is 18.5 Å². The first kappa shape index (κ1) is 18.1. The van der Waals surface area contributed by atoms with Crippen molar-refractivity contribution in [2.45, 2.75) is 37.3 Å². The summed E-state index contributed by atoms with van der Waals surface area (Å²) < 4.78 is 23.5. The van der Waals surface area contributed by atoms with Crippen molar-refractivity contribution in [2.75, 3.05) is 0 Å². The van der Waals surface area contributed by atoms with Gasteiger partial charge >= 0.3 is 0 Å². The number of H-pyrrole nitrogens is 1. The maximum absolute atomic E-state index is 12.8. The third-order valence-electron chi connectivity index (χ3n) is 3.30. The first-order valence-corrected chi connectivity index (χ1v) is 9.04. The highest BCUT2D eigenvalue weighted by Gasteiger charge is 2.09. The topological polar surface area (TPSA) is 93.9 Å². The van der Waals surface area contributed by atoms with Crippen molar-refractivity contribution in [1.29, 1.82) is 0 Å². The van der Waals surface area contributed by atoms with Crippen LogP contribution < -0.4 is 10.3 Å². The lowest BCUT2D eigenvalue weighted by Gasteiger charge is -2.02. The van der Waals surface area contributed by atoms with E-state index in [4.69, 9.17) is 9.26 Å². The van der Waals surface area contributed by atoms with Crippen molar-refractivity contribution >= 4 is 11.8 Å². The Balaban J connectivity index is 1.55. The SMILES string of the molecule is CCCc1cc(=O)[nH]c(SCc2nc(COc3ccc(F)cc3)no2)n1. The number of halogens is 1. The summed E-state index contributed by atoms with van der Waals surface area (Å²) in [7, 11) is 0. The van der Waals surface area contributed by atoms with Gasteiger partial charge in [0.2, 0.25) is 11.7 Å². The van der Waals surface area contributed by atoms with Gasteiger partial charge in [-0.05, 0) is 30.7 Å². The highest BCUT2D eigenvalue weighted by atomic mass is 32.2. The molecule has 26 heavy (non-hydrogen) atoms. The molecule has 0 aliphatic carbocycles. The van der Waals surface area contributed by atoms with Crippen LogP contribution in [0.15, 0.2) is 44.8 Å². The van der Waals surface area contributed by atoms with E-state index in [1.54, 1.807) is 0 Å². The third-order valence-corrected chi connectivity index (χ3v) is 4.16. The molecule has 7 nitrogen and oxygen atoms in total. The minimum atomic E-state index is -0.328. The van der Waals surface area contributed by atoms with E-state index in [1.165, 1.54) is 42.1 Å². The van der Waals surface area contributed by atoms with E-state index in [-0.39, 0.29) is 18.0 Å². The molecule has 1 aromatic carbocycles. The highest BCUT2D eigenvalue weighted by Crippen LogP contribution is 2.18. The first-order valence-electron chi connectivity index (χ1n) is 8.05. The minimum absolute atomic E-state index is 0.112. The van der Waals surface area contributed by atoms with Crippen LogP contribution in [0.25, 0.3) is 0 Å². The summed E-state index contributed by atoms with van der Waals surface area (Å²) in [5.74, 6) is 1.34. The number of nitrogens with one attached hydrogen (secondary N) is 1. The Morgan fingerprint density at radius 3 is 2.85 bits per heavy atom. The number of thioether (sulfide) groups is 1.